The molecular formula is C12H12ClN3OS. The van der Waals surface area contributed by atoms with Gasteiger partial charge < -0.3 is 0 Å². The maximum absolute atomic E-state index is 11.5. The Morgan fingerprint density at radius 3 is 2.61 bits per heavy atom. The molecule has 4 nitrogen and oxygen atoms in total. The van der Waals surface area contributed by atoms with E-state index in [0.29, 0.717) is 11.0 Å². The molecule has 0 atom stereocenters. The minimum atomic E-state index is -0.0903. The van der Waals surface area contributed by atoms with E-state index in [2.05, 4.69) is 14.7 Å². The van der Waals surface area contributed by atoms with Crippen molar-refractivity contribution in [3.63, 3.8) is 0 Å². The van der Waals surface area contributed by atoms with Gasteiger partial charge in [0.05, 0.1) is 0 Å². The summed E-state index contributed by atoms with van der Waals surface area (Å²) >= 11 is 7.06. The van der Waals surface area contributed by atoms with Crippen LogP contribution < -0.4 is 5.32 Å². The Morgan fingerprint density at radius 2 is 2.00 bits per heavy atom. The molecule has 0 spiro atoms. The first kappa shape index (κ1) is 13.0. The molecule has 18 heavy (non-hydrogen) atoms. The molecule has 0 aliphatic heterocycles. The zero-order chi connectivity index (χ0) is 13.1. The molecule has 1 heterocycles. The van der Waals surface area contributed by atoms with E-state index in [-0.39, 0.29) is 11.8 Å². The number of aromatic nitrogens is 2. The van der Waals surface area contributed by atoms with Gasteiger partial charge in [-0.2, -0.15) is 9.36 Å². The van der Waals surface area contributed by atoms with Crippen LogP contribution in [0, 0.1) is 5.92 Å². The number of nitrogens with one attached hydrogen (secondary N) is 1. The molecule has 0 radical (unpaired) electrons. The molecule has 0 unspecified atom stereocenters. The lowest BCUT2D eigenvalue weighted by molar-refractivity contribution is -0.118. The van der Waals surface area contributed by atoms with Gasteiger partial charge in [-0.15, -0.1) is 0 Å². The number of halogens is 1. The fraction of sp³-hybridized carbons (Fsp3) is 0.250. The number of carbonyl (C=O) groups excluding carboxylic acids is 1. The van der Waals surface area contributed by atoms with Crippen molar-refractivity contribution in [2.75, 3.05) is 5.32 Å². The fourth-order valence-corrected chi connectivity index (χ4v) is 1.99. The van der Waals surface area contributed by atoms with Crippen LogP contribution in [0.25, 0.3) is 10.6 Å². The van der Waals surface area contributed by atoms with Gasteiger partial charge in [-0.05, 0) is 23.7 Å². The van der Waals surface area contributed by atoms with Crippen LogP contribution in [-0.2, 0) is 4.79 Å². The highest BCUT2D eigenvalue weighted by molar-refractivity contribution is 7.09. The molecule has 0 aliphatic carbocycles. The van der Waals surface area contributed by atoms with Crippen molar-refractivity contribution in [3.8, 4) is 10.6 Å². The van der Waals surface area contributed by atoms with Crippen LogP contribution in [0.2, 0.25) is 5.02 Å². The van der Waals surface area contributed by atoms with E-state index in [1.165, 1.54) is 11.5 Å². The van der Waals surface area contributed by atoms with Gasteiger partial charge in [0, 0.05) is 16.5 Å². The van der Waals surface area contributed by atoms with Crippen molar-refractivity contribution in [2.45, 2.75) is 13.8 Å². The third-order valence-corrected chi connectivity index (χ3v) is 3.29. The van der Waals surface area contributed by atoms with Gasteiger partial charge in [0.1, 0.15) is 5.01 Å². The Kier molecular flexibility index (Phi) is 3.93. The number of nitrogens with zero attached hydrogens (tertiary/aromatic N) is 2. The minimum absolute atomic E-state index is 0.0875. The highest BCUT2D eigenvalue weighted by Crippen LogP contribution is 2.24. The predicted molar refractivity (Wildman–Crippen MR) is 73.8 cm³/mol. The van der Waals surface area contributed by atoms with Crippen LogP contribution in [-0.4, -0.2) is 15.3 Å². The molecule has 94 valence electrons. The zero-order valence-electron chi connectivity index (χ0n) is 9.98. The highest BCUT2D eigenvalue weighted by Gasteiger charge is 2.11. The summed E-state index contributed by atoms with van der Waals surface area (Å²) in [6.07, 6.45) is 0. The molecule has 0 saturated heterocycles. The van der Waals surface area contributed by atoms with Crippen LogP contribution in [0.5, 0.6) is 0 Å². The summed E-state index contributed by atoms with van der Waals surface area (Å²) in [7, 11) is 0. The number of anilines is 1. The molecule has 6 heteroatoms. The second kappa shape index (κ2) is 5.46. The Balaban J connectivity index is 2.15. The first-order valence-electron chi connectivity index (χ1n) is 5.47. The second-order valence-corrected chi connectivity index (χ2v) is 5.26. The summed E-state index contributed by atoms with van der Waals surface area (Å²) in [5.41, 5.74) is 0.932. The van der Waals surface area contributed by atoms with E-state index in [0.717, 1.165) is 10.6 Å². The molecule has 0 bridgehead atoms. The quantitative estimate of drug-likeness (QED) is 0.937. The third kappa shape index (κ3) is 3.05. The second-order valence-electron chi connectivity index (χ2n) is 4.07. The molecule has 0 aliphatic rings. The molecule has 1 aromatic carbocycles. The van der Waals surface area contributed by atoms with Crippen LogP contribution in [0.3, 0.4) is 0 Å². The summed E-state index contributed by atoms with van der Waals surface area (Å²) in [4.78, 5) is 15.8. The smallest absolute Gasteiger partial charge is 0.241 e. The largest absolute Gasteiger partial charge is 0.294 e. The van der Waals surface area contributed by atoms with Crippen molar-refractivity contribution >= 4 is 35.0 Å². The summed E-state index contributed by atoms with van der Waals surface area (Å²) in [5.74, 6) is 0.173. The summed E-state index contributed by atoms with van der Waals surface area (Å²) in [6.45, 7) is 3.64. The van der Waals surface area contributed by atoms with E-state index in [1.807, 2.05) is 26.0 Å². The van der Waals surface area contributed by atoms with Crippen LogP contribution in [0.15, 0.2) is 24.3 Å². The van der Waals surface area contributed by atoms with Crippen molar-refractivity contribution in [1.29, 1.82) is 0 Å². The van der Waals surface area contributed by atoms with E-state index >= 15 is 0 Å². The minimum Gasteiger partial charge on any atom is -0.294 e. The molecule has 0 fully saturated rings. The Labute approximate surface area is 114 Å². The number of amides is 1. The van der Waals surface area contributed by atoms with Crippen molar-refractivity contribution in [2.24, 2.45) is 5.92 Å². The van der Waals surface area contributed by atoms with Crippen molar-refractivity contribution < 1.29 is 4.79 Å². The van der Waals surface area contributed by atoms with E-state index in [9.17, 15) is 4.79 Å². The number of benzene rings is 1. The maximum Gasteiger partial charge on any atom is 0.241 e. The lowest BCUT2D eigenvalue weighted by atomic mass is 10.2. The molecular weight excluding hydrogens is 270 g/mol. The van der Waals surface area contributed by atoms with Gasteiger partial charge in [-0.25, -0.2) is 0 Å². The van der Waals surface area contributed by atoms with Crippen molar-refractivity contribution in [1.82, 2.24) is 9.36 Å². The molecule has 2 aromatic rings. The first-order valence-corrected chi connectivity index (χ1v) is 6.62. The van der Waals surface area contributed by atoms with Crippen LogP contribution in [0.1, 0.15) is 13.8 Å². The number of hydrogen-bond acceptors (Lipinski definition) is 4. The molecule has 1 aromatic heterocycles. The van der Waals surface area contributed by atoms with Crippen molar-refractivity contribution in [3.05, 3.63) is 29.3 Å². The normalized spacial score (nSPS) is 10.7. The zero-order valence-corrected chi connectivity index (χ0v) is 11.5. The topological polar surface area (TPSA) is 54.9 Å². The first-order chi connectivity index (χ1) is 8.56. The van der Waals surface area contributed by atoms with Crippen LogP contribution in [0.4, 0.5) is 5.95 Å². The van der Waals surface area contributed by atoms with Crippen LogP contribution >= 0.6 is 23.1 Å². The molecule has 0 saturated carbocycles. The molecule has 1 N–H and O–H groups in total. The fourth-order valence-electron chi connectivity index (χ4n) is 1.24. The summed E-state index contributed by atoms with van der Waals surface area (Å²) in [5, 5.41) is 4.10. The van der Waals surface area contributed by atoms with Gasteiger partial charge in [-0.3, -0.25) is 10.1 Å². The summed E-state index contributed by atoms with van der Waals surface area (Å²) in [6, 6.07) is 7.34. The average Bonchev–Trinajstić information content (AvgIpc) is 2.78. The number of rotatable bonds is 3. The standard InChI is InChI=1S/C12H12ClN3OS/c1-7(2)10(17)14-12-15-11(18-16-12)8-3-5-9(13)6-4-8/h3-7H,1-2H3,(H,14,16,17). The Hall–Kier alpha value is -1.46. The number of hydrogen-bond donors (Lipinski definition) is 1. The van der Waals surface area contributed by atoms with Gasteiger partial charge in [0.2, 0.25) is 11.9 Å². The third-order valence-electron chi connectivity index (χ3n) is 2.28. The Morgan fingerprint density at radius 1 is 1.33 bits per heavy atom. The average molecular weight is 282 g/mol. The van der Waals surface area contributed by atoms with Gasteiger partial charge in [-0.1, -0.05) is 37.6 Å². The lowest BCUT2D eigenvalue weighted by Crippen LogP contribution is -2.18. The SMILES string of the molecule is CC(C)C(=O)Nc1nsc(-c2ccc(Cl)cc2)n1. The summed E-state index contributed by atoms with van der Waals surface area (Å²) < 4.78 is 4.10. The molecule has 2 rings (SSSR count). The molecule has 1 amide bonds. The van der Waals surface area contributed by atoms with Gasteiger partial charge in [0.15, 0.2) is 0 Å². The maximum atomic E-state index is 11.5. The Bertz CT molecular complexity index is 551. The van der Waals surface area contributed by atoms with Gasteiger partial charge >= 0.3 is 0 Å². The van der Waals surface area contributed by atoms with Gasteiger partial charge in [0.25, 0.3) is 0 Å². The van der Waals surface area contributed by atoms with E-state index < -0.39 is 0 Å². The predicted octanol–water partition coefficient (Wildman–Crippen LogP) is 3.45. The lowest BCUT2D eigenvalue weighted by Gasteiger charge is -2.02. The number of carbonyl (C=O) groups is 1. The highest BCUT2D eigenvalue weighted by atomic mass is 35.5. The van der Waals surface area contributed by atoms with E-state index in [1.54, 1.807) is 12.1 Å². The van der Waals surface area contributed by atoms with E-state index in [4.69, 9.17) is 11.6 Å². The monoisotopic (exact) mass is 281 g/mol.